The normalized spacial score (nSPS) is 11.4. The van der Waals surface area contributed by atoms with Gasteiger partial charge in [0.05, 0.1) is 20.3 Å². The predicted molar refractivity (Wildman–Crippen MR) is 96.5 cm³/mol. The van der Waals surface area contributed by atoms with E-state index in [0.29, 0.717) is 19.8 Å². The molecule has 8 heteroatoms. The average molecular weight is 346 g/mol. The zero-order chi connectivity index (χ0) is 17.9. The fourth-order valence-corrected chi connectivity index (χ4v) is 2.16. The van der Waals surface area contributed by atoms with Crippen LogP contribution in [0.25, 0.3) is 0 Å². The van der Waals surface area contributed by atoms with E-state index in [1.54, 1.807) is 18.8 Å². The first-order valence-corrected chi connectivity index (χ1v) is 8.21. The number of ether oxygens (including phenoxy) is 2. The van der Waals surface area contributed by atoms with Gasteiger partial charge < -0.3 is 20.1 Å². The Balaban J connectivity index is 1.57. The number of nitrogens with zero attached hydrogens (tertiary/aromatic N) is 4. The van der Waals surface area contributed by atoms with Gasteiger partial charge >= 0.3 is 0 Å². The molecule has 2 N–H and O–H groups in total. The van der Waals surface area contributed by atoms with Crippen LogP contribution in [0, 0.1) is 0 Å². The van der Waals surface area contributed by atoms with Crippen molar-refractivity contribution >= 4 is 5.96 Å². The van der Waals surface area contributed by atoms with Crippen LogP contribution in [0.4, 0.5) is 0 Å². The summed E-state index contributed by atoms with van der Waals surface area (Å²) in [6.45, 7) is 2.63. The van der Waals surface area contributed by atoms with Crippen LogP contribution in [0.1, 0.15) is 17.8 Å². The van der Waals surface area contributed by atoms with Gasteiger partial charge in [-0.1, -0.05) is 12.1 Å². The van der Waals surface area contributed by atoms with Gasteiger partial charge in [-0.15, -0.1) is 0 Å². The number of guanidine groups is 1. The highest BCUT2D eigenvalue weighted by molar-refractivity contribution is 5.79. The van der Waals surface area contributed by atoms with Gasteiger partial charge in [0.2, 0.25) is 0 Å². The van der Waals surface area contributed by atoms with Crippen LogP contribution in [0.15, 0.2) is 35.6 Å². The smallest absolute Gasteiger partial charge is 0.191 e. The molecule has 0 spiro atoms. The molecule has 1 aromatic heterocycles. The van der Waals surface area contributed by atoms with Crippen LogP contribution in [-0.4, -0.2) is 48.0 Å². The number of methoxy groups -OCH3 is 1. The lowest BCUT2D eigenvalue weighted by molar-refractivity contribution is 0.119. The number of nitrogens with one attached hydrogen (secondary N) is 2. The van der Waals surface area contributed by atoms with Crippen LogP contribution < -0.4 is 15.4 Å². The van der Waals surface area contributed by atoms with E-state index < -0.39 is 0 Å². The topological polar surface area (TPSA) is 85.6 Å². The summed E-state index contributed by atoms with van der Waals surface area (Å²) in [6, 6.07) is 7.89. The molecule has 0 aliphatic rings. The maximum atomic E-state index is 5.68. The third kappa shape index (κ3) is 6.42. The highest BCUT2D eigenvalue weighted by atomic mass is 16.5. The van der Waals surface area contributed by atoms with Crippen LogP contribution in [0.2, 0.25) is 0 Å². The summed E-state index contributed by atoms with van der Waals surface area (Å²) in [4.78, 5) is 8.34. The van der Waals surface area contributed by atoms with Gasteiger partial charge in [0.1, 0.15) is 17.9 Å². The Hall–Kier alpha value is -2.61. The van der Waals surface area contributed by atoms with Crippen LogP contribution >= 0.6 is 0 Å². The second-order valence-corrected chi connectivity index (χ2v) is 5.41. The molecule has 8 nitrogen and oxygen atoms in total. The molecule has 0 amide bonds. The highest BCUT2D eigenvalue weighted by Crippen LogP contribution is 2.11. The zero-order valence-electron chi connectivity index (χ0n) is 15.0. The van der Waals surface area contributed by atoms with Crippen molar-refractivity contribution in [3.63, 3.8) is 0 Å². The van der Waals surface area contributed by atoms with Crippen molar-refractivity contribution < 1.29 is 9.47 Å². The van der Waals surface area contributed by atoms with Gasteiger partial charge in [0.15, 0.2) is 5.96 Å². The van der Waals surface area contributed by atoms with E-state index in [-0.39, 0.29) is 0 Å². The quantitative estimate of drug-likeness (QED) is 0.402. The first-order valence-electron chi connectivity index (χ1n) is 8.21. The molecule has 0 unspecified atom stereocenters. The van der Waals surface area contributed by atoms with Crippen molar-refractivity contribution in [3.05, 3.63) is 42.0 Å². The van der Waals surface area contributed by atoms with E-state index in [9.17, 15) is 0 Å². The Kier molecular flexibility index (Phi) is 7.71. The molecule has 136 valence electrons. The second-order valence-electron chi connectivity index (χ2n) is 5.41. The van der Waals surface area contributed by atoms with Gasteiger partial charge in [0, 0.05) is 27.2 Å². The van der Waals surface area contributed by atoms with Crippen molar-refractivity contribution in [1.82, 2.24) is 25.4 Å². The minimum absolute atomic E-state index is 0.574. The lowest BCUT2D eigenvalue weighted by Crippen LogP contribution is -2.38. The Morgan fingerprint density at radius 2 is 2.04 bits per heavy atom. The molecule has 0 radical (unpaired) electrons. The van der Waals surface area contributed by atoms with E-state index in [4.69, 9.17) is 9.47 Å². The Morgan fingerprint density at radius 3 is 2.68 bits per heavy atom. The van der Waals surface area contributed by atoms with Crippen molar-refractivity contribution in [2.24, 2.45) is 12.0 Å². The maximum Gasteiger partial charge on any atom is 0.191 e. The number of benzene rings is 1. The zero-order valence-corrected chi connectivity index (χ0v) is 15.0. The average Bonchev–Trinajstić information content (AvgIpc) is 3.06. The molecule has 1 aromatic carbocycles. The van der Waals surface area contributed by atoms with E-state index >= 15 is 0 Å². The van der Waals surface area contributed by atoms with Gasteiger partial charge in [-0.25, -0.2) is 4.98 Å². The Labute approximate surface area is 148 Å². The maximum absolute atomic E-state index is 5.68. The summed E-state index contributed by atoms with van der Waals surface area (Å²) >= 11 is 0. The Morgan fingerprint density at radius 1 is 1.24 bits per heavy atom. The largest absolute Gasteiger partial charge is 0.497 e. The number of hydrogen-bond donors (Lipinski definition) is 2. The number of rotatable bonds is 9. The highest BCUT2D eigenvalue weighted by Gasteiger charge is 2.02. The van der Waals surface area contributed by atoms with Gasteiger partial charge in [-0.2, -0.15) is 5.10 Å². The van der Waals surface area contributed by atoms with Crippen molar-refractivity contribution in [1.29, 1.82) is 0 Å². The summed E-state index contributed by atoms with van der Waals surface area (Å²) in [7, 11) is 5.26. The first kappa shape index (κ1) is 18.7. The molecule has 0 saturated heterocycles. The van der Waals surface area contributed by atoms with Crippen molar-refractivity contribution in [2.45, 2.75) is 19.6 Å². The van der Waals surface area contributed by atoms with Crippen LogP contribution in [-0.2, 0) is 24.9 Å². The SMILES string of the molecule is CN=C(NCCCOCc1ccc(OC)cc1)NCc1ncnn1C. The third-order valence-corrected chi connectivity index (χ3v) is 3.63. The molecule has 1 heterocycles. The molecule has 0 atom stereocenters. The molecule has 0 saturated carbocycles. The summed E-state index contributed by atoms with van der Waals surface area (Å²) < 4.78 is 12.5. The molecule has 2 aromatic rings. The Bertz CT molecular complexity index is 653. The molecule has 2 rings (SSSR count). The van der Waals surface area contributed by atoms with E-state index in [0.717, 1.165) is 36.1 Å². The summed E-state index contributed by atoms with van der Waals surface area (Å²) in [5, 5.41) is 10.5. The number of aromatic nitrogens is 3. The molecule has 0 aliphatic carbocycles. The summed E-state index contributed by atoms with van der Waals surface area (Å²) in [6.07, 6.45) is 2.42. The molecule has 0 fully saturated rings. The molecule has 0 aliphatic heterocycles. The van der Waals surface area contributed by atoms with Crippen molar-refractivity contribution in [3.8, 4) is 5.75 Å². The summed E-state index contributed by atoms with van der Waals surface area (Å²) in [5.41, 5.74) is 1.13. The standard InChI is InChI=1S/C17H26N6O2/c1-18-17(20-11-16-21-13-22-23(16)2)19-9-4-10-25-12-14-5-7-15(24-3)8-6-14/h5-8,13H,4,9-12H2,1-3H3,(H2,18,19,20). The minimum atomic E-state index is 0.574. The van der Waals surface area contributed by atoms with E-state index in [2.05, 4.69) is 25.7 Å². The van der Waals surface area contributed by atoms with Crippen molar-refractivity contribution in [2.75, 3.05) is 27.3 Å². The molecular weight excluding hydrogens is 320 g/mol. The number of aliphatic imine (C=N–C) groups is 1. The fourth-order valence-electron chi connectivity index (χ4n) is 2.16. The molecule has 25 heavy (non-hydrogen) atoms. The second kappa shape index (κ2) is 10.3. The third-order valence-electron chi connectivity index (χ3n) is 3.63. The molecular formula is C17H26N6O2. The van der Waals surface area contributed by atoms with Gasteiger partial charge in [-0.05, 0) is 24.1 Å². The molecule has 0 bridgehead atoms. The monoisotopic (exact) mass is 346 g/mol. The number of hydrogen-bond acceptors (Lipinski definition) is 5. The predicted octanol–water partition coefficient (Wildman–Crippen LogP) is 1.10. The van der Waals surface area contributed by atoms with Crippen LogP contribution in [0.3, 0.4) is 0 Å². The van der Waals surface area contributed by atoms with E-state index in [1.165, 1.54) is 6.33 Å². The number of aryl methyl sites for hydroxylation is 1. The first-order chi connectivity index (χ1) is 12.2. The minimum Gasteiger partial charge on any atom is -0.497 e. The van der Waals surface area contributed by atoms with Gasteiger partial charge in [0.25, 0.3) is 0 Å². The lowest BCUT2D eigenvalue weighted by atomic mass is 10.2. The lowest BCUT2D eigenvalue weighted by Gasteiger charge is -2.11. The van der Waals surface area contributed by atoms with Gasteiger partial charge in [-0.3, -0.25) is 9.67 Å². The van der Waals surface area contributed by atoms with E-state index in [1.807, 2.05) is 31.3 Å². The van der Waals surface area contributed by atoms with Crippen LogP contribution in [0.5, 0.6) is 5.75 Å². The summed E-state index contributed by atoms with van der Waals surface area (Å²) in [5.74, 6) is 2.44. The fraction of sp³-hybridized carbons (Fsp3) is 0.471.